The Hall–Kier alpha value is -1.39. The van der Waals surface area contributed by atoms with E-state index in [1.54, 1.807) is 11.9 Å². The molecule has 78 valence electrons. The molecule has 0 atom stereocenters. The monoisotopic (exact) mass is 198 g/mol. The molecule has 0 aliphatic carbocycles. The first-order chi connectivity index (χ1) is 6.50. The van der Waals surface area contributed by atoms with Gasteiger partial charge in [0, 0.05) is 20.1 Å². The summed E-state index contributed by atoms with van der Waals surface area (Å²) in [5, 5.41) is 0. The minimum absolute atomic E-state index is 0.0758. The molecule has 0 aromatic rings. The Labute approximate surface area is 82.7 Å². The van der Waals surface area contributed by atoms with Gasteiger partial charge in [-0.2, -0.15) is 0 Å². The van der Waals surface area contributed by atoms with E-state index in [4.69, 9.17) is 0 Å². The van der Waals surface area contributed by atoms with Crippen LogP contribution in [0.4, 0.5) is 0 Å². The molecule has 1 rings (SSSR count). The molecular formula is C9H14N2O3. The average Bonchev–Trinajstić information content (AvgIpc) is 2.08. The van der Waals surface area contributed by atoms with E-state index in [-0.39, 0.29) is 30.6 Å². The summed E-state index contributed by atoms with van der Waals surface area (Å²) in [6.07, 6.45) is -0.100. The summed E-state index contributed by atoms with van der Waals surface area (Å²) in [7, 11) is 1.70. The minimum atomic E-state index is -0.251. The lowest BCUT2D eigenvalue weighted by molar-refractivity contribution is -0.145. The number of piperazine rings is 1. The third kappa shape index (κ3) is 2.55. The van der Waals surface area contributed by atoms with E-state index in [0.29, 0.717) is 13.1 Å². The van der Waals surface area contributed by atoms with Crippen LogP contribution in [0.2, 0.25) is 0 Å². The number of carbonyl (C=O) groups excluding carboxylic acids is 3. The molecule has 0 unspecified atom stereocenters. The van der Waals surface area contributed by atoms with E-state index < -0.39 is 0 Å². The number of hydrogen-bond acceptors (Lipinski definition) is 3. The van der Waals surface area contributed by atoms with Gasteiger partial charge in [-0.1, -0.05) is 0 Å². The van der Waals surface area contributed by atoms with Gasteiger partial charge < -0.3 is 9.80 Å². The van der Waals surface area contributed by atoms with Gasteiger partial charge in [0.2, 0.25) is 11.8 Å². The quantitative estimate of drug-likeness (QED) is 0.549. The van der Waals surface area contributed by atoms with Crippen molar-refractivity contribution >= 4 is 17.6 Å². The Morgan fingerprint density at radius 3 is 2.50 bits per heavy atom. The number of likely N-dealkylation sites (N-methyl/N-ethyl adjacent to an activating group) is 1. The van der Waals surface area contributed by atoms with Gasteiger partial charge in [-0.15, -0.1) is 0 Å². The summed E-state index contributed by atoms with van der Waals surface area (Å²) >= 11 is 0. The SMILES string of the molecule is CC(=O)CC(=O)N1CCN(C)C(=O)C1. The summed E-state index contributed by atoms with van der Waals surface area (Å²) in [5.74, 6) is -0.492. The number of amides is 2. The Balaban J connectivity index is 2.50. The molecule has 0 spiro atoms. The highest BCUT2D eigenvalue weighted by Crippen LogP contribution is 2.03. The number of Topliss-reactive ketones (excluding diaryl/α,β-unsaturated/α-hetero) is 1. The summed E-state index contributed by atoms with van der Waals surface area (Å²) in [6, 6.07) is 0. The van der Waals surface area contributed by atoms with E-state index in [9.17, 15) is 14.4 Å². The van der Waals surface area contributed by atoms with E-state index in [1.165, 1.54) is 11.8 Å². The molecular weight excluding hydrogens is 184 g/mol. The zero-order valence-corrected chi connectivity index (χ0v) is 8.45. The maximum absolute atomic E-state index is 11.4. The van der Waals surface area contributed by atoms with Crippen LogP contribution in [0.1, 0.15) is 13.3 Å². The van der Waals surface area contributed by atoms with Crippen molar-refractivity contribution in [1.82, 2.24) is 9.80 Å². The second-order valence-electron chi connectivity index (χ2n) is 3.51. The number of hydrogen-bond donors (Lipinski definition) is 0. The average molecular weight is 198 g/mol. The highest BCUT2D eigenvalue weighted by atomic mass is 16.2. The largest absolute Gasteiger partial charge is 0.342 e. The molecule has 0 N–H and O–H groups in total. The lowest BCUT2D eigenvalue weighted by Crippen LogP contribution is -2.50. The first kappa shape index (κ1) is 10.7. The number of ketones is 1. The van der Waals surface area contributed by atoms with E-state index >= 15 is 0 Å². The van der Waals surface area contributed by atoms with Crippen LogP contribution in [0.3, 0.4) is 0 Å². The van der Waals surface area contributed by atoms with Gasteiger partial charge in [-0.3, -0.25) is 14.4 Å². The van der Waals surface area contributed by atoms with Crippen LogP contribution in [-0.2, 0) is 14.4 Å². The van der Waals surface area contributed by atoms with Crippen molar-refractivity contribution in [2.75, 3.05) is 26.7 Å². The number of nitrogens with zero attached hydrogens (tertiary/aromatic N) is 2. The number of carbonyl (C=O) groups is 3. The molecule has 1 saturated heterocycles. The van der Waals surface area contributed by atoms with Crippen LogP contribution >= 0.6 is 0 Å². The molecule has 1 fully saturated rings. The first-order valence-electron chi connectivity index (χ1n) is 4.52. The molecule has 5 nitrogen and oxygen atoms in total. The predicted octanol–water partition coefficient (Wildman–Crippen LogP) is -0.734. The topological polar surface area (TPSA) is 57.7 Å². The van der Waals surface area contributed by atoms with Crippen molar-refractivity contribution in [2.45, 2.75) is 13.3 Å². The van der Waals surface area contributed by atoms with Gasteiger partial charge in [-0.05, 0) is 6.92 Å². The standard InChI is InChI=1S/C9H14N2O3/c1-7(12)5-8(13)11-4-3-10(2)9(14)6-11/h3-6H2,1-2H3. The smallest absolute Gasteiger partial charge is 0.241 e. The van der Waals surface area contributed by atoms with Crippen LogP contribution in [0, 0.1) is 0 Å². The van der Waals surface area contributed by atoms with Crippen LogP contribution < -0.4 is 0 Å². The maximum atomic E-state index is 11.4. The van der Waals surface area contributed by atoms with Crippen LogP contribution in [0.15, 0.2) is 0 Å². The Bertz CT molecular complexity index is 275. The van der Waals surface area contributed by atoms with Crippen LogP contribution in [0.25, 0.3) is 0 Å². The van der Waals surface area contributed by atoms with Crippen molar-refractivity contribution in [1.29, 1.82) is 0 Å². The molecule has 5 heteroatoms. The van der Waals surface area contributed by atoms with Gasteiger partial charge in [0.05, 0.1) is 13.0 Å². The highest BCUT2D eigenvalue weighted by molar-refractivity contribution is 5.98. The van der Waals surface area contributed by atoms with Crippen molar-refractivity contribution < 1.29 is 14.4 Å². The first-order valence-corrected chi connectivity index (χ1v) is 4.52. The van der Waals surface area contributed by atoms with Gasteiger partial charge in [-0.25, -0.2) is 0 Å². The maximum Gasteiger partial charge on any atom is 0.241 e. The summed E-state index contributed by atoms with van der Waals surface area (Å²) < 4.78 is 0. The third-order valence-corrected chi connectivity index (χ3v) is 2.21. The Morgan fingerprint density at radius 1 is 1.36 bits per heavy atom. The fourth-order valence-corrected chi connectivity index (χ4v) is 1.30. The lowest BCUT2D eigenvalue weighted by Gasteiger charge is -2.31. The Kier molecular flexibility index (Phi) is 3.22. The minimum Gasteiger partial charge on any atom is -0.342 e. The number of rotatable bonds is 2. The normalized spacial score (nSPS) is 17.1. The molecule has 0 bridgehead atoms. The van der Waals surface area contributed by atoms with Crippen molar-refractivity contribution in [3.05, 3.63) is 0 Å². The van der Waals surface area contributed by atoms with E-state index in [1.807, 2.05) is 0 Å². The van der Waals surface area contributed by atoms with Crippen molar-refractivity contribution in [2.24, 2.45) is 0 Å². The second kappa shape index (κ2) is 4.21. The van der Waals surface area contributed by atoms with Crippen LogP contribution in [0.5, 0.6) is 0 Å². The summed E-state index contributed by atoms with van der Waals surface area (Å²) in [5.41, 5.74) is 0. The van der Waals surface area contributed by atoms with Gasteiger partial charge in [0.25, 0.3) is 0 Å². The summed E-state index contributed by atoms with van der Waals surface area (Å²) in [6.45, 7) is 2.54. The zero-order valence-electron chi connectivity index (χ0n) is 8.45. The molecule has 1 heterocycles. The molecule has 0 radical (unpaired) electrons. The molecule has 0 saturated carbocycles. The lowest BCUT2D eigenvalue weighted by atomic mass is 10.2. The fraction of sp³-hybridized carbons (Fsp3) is 0.667. The van der Waals surface area contributed by atoms with E-state index in [0.717, 1.165) is 0 Å². The van der Waals surface area contributed by atoms with Crippen molar-refractivity contribution in [3.8, 4) is 0 Å². The third-order valence-electron chi connectivity index (χ3n) is 2.21. The van der Waals surface area contributed by atoms with Crippen LogP contribution in [-0.4, -0.2) is 54.1 Å². The molecule has 1 aliphatic heterocycles. The van der Waals surface area contributed by atoms with Crippen molar-refractivity contribution in [3.63, 3.8) is 0 Å². The van der Waals surface area contributed by atoms with Gasteiger partial charge in [0.15, 0.2) is 0 Å². The Morgan fingerprint density at radius 2 is 2.00 bits per heavy atom. The molecule has 14 heavy (non-hydrogen) atoms. The van der Waals surface area contributed by atoms with Gasteiger partial charge in [0.1, 0.15) is 5.78 Å². The fourth-order valence-electron chi connectivity index (χ4n) is 1.30. The second-order valence-corrected chi connectivity index (χ2v) is 3.51. The predicted molar refractivity (Wildman–Crippen MR) is 49.5 cm³/mol. The molecule has 0 aromatic carbocycles. The zero-order chi connectivity index (χ0) is 10.7. The summed E-state index contributed by atoms with van der Waals surface area (Å²) in [4.78, 5) is 36.4. The molecule has 1 aliphatic rings. The van der Waals surface area contributed by atoms with Gasteiger partial charge >= 0.3 is 0 Å². The van der Waals surface area contributed by atoms with E-state index in [2.05, 4.69) is 0 Å². The molecule has 2 amide bonds. The highest BCUT2D eigenvalue weighted by Gasteiger charge is 2.24. The molecule has 0 aromatic heterocycles.